The van der Waals surface area contributed by atoms with E-state index in [1.54, 1.807) is 0 Å². The van der Waals surface area contributed by atoms with E-state index in [1.807, 2.05) is 0 Å². The number of nitrogens with one attached hydrogen (secondary N) is 2. The molecule has 0 aromatic carbocycles. The van der Waals surface area contributed by atoms with Crippen molar-refractivity contribution in [2.45, 2.75) is 24.9 Å². The summed E-state index contributed by atoms with van der Waals surface area (Å²) in [4.78, 5) is 43.7. The second kappa shape index (κ2) is 11.6. The van der Waals surface area contributed by atoms with Crippen LogP contribution in [0.15, 0.2) is 0 Å². The molecule has 0 saturated heterocycles. The van der Waals surface area contributed by atoms with Gasteiger partial charge in [0.15, 0.2) is 0 Å². The van der Waals surface area contributed by atoms with E-state index < -0.39 is 42.4 Å². The maximum atomic E-state index is 11.5. The Morgan fingerprint density at radius 2 is 1.76 bits per heavy atom. The van der Waals surface area contributed by atoms with Crippen molar-refractivity contribution in [1.29, 1.82) is 0 Å². The zero-order chi connectivity index (χ0) is 15.7. The molecule has 0 rings (SSSR count). The van der Waals surface area contributed by atoms with Crippen LogP contribution in [0.2, 0.25) is 0 Å². The summed E-state index contributed by atoms with van der Waals surface area (Å²) < 4.78 is 0. The largest absolute Gasteiger partial charge is 0.480 e. The van der Waals surface area contributed by atoms with Crippen LogP contribution in [-0.2, 0) is 40.9 Å². The first-order chi connectivity index (χ1) is 9.27. The van der Waals surface area contributed by atoms with Crippen molar-refractivity contribution in [1.82, 2.24) is 10.6 Å². The van der Waals surface area contributed by atoms with Crippen molar-refractivity contribution >= 4 is 36.4 Å². The van der Waals surface area contributed by atoms with E-state index in [2.05, 4.69) is 23.3 Å². The summed E-state index contributed by atoms with van der Waals surface area (Å²) in [6.45, 7) is -0.567. The van der Waals surface area contributed by atoms with E-state index in [1.165, 1.54) is 0 Å². The third-order valence-corrected chi connectivity index (χ3v) is 2.61. The van der Waals surface area contributed by atoms with Crippen LogP contribution in [0.4, 0.5) is 0 Å². The minimum atomic E-state index is -1.22. The molecule has 21 heavy (non-hydrogen) atoms. The average molecular weight is 355 g/mol. The summed E-state index contributed by atoms with van der Waals surface area (Å²) in [6.07, 6.45) is -0.235. The third kappa shape index (κ3) is 10.3. The van der Waals surface area contributed by atoms with E-state index in [0.29, 0.717) is 0 Å². The first-order valence-corrected chi connectivity index (χ1v) is 6.29. The van der Waals surface area contributed by atoms with Gasteiger partial charge in [-0.25, -0.2) is 0 Å². The molecule has 2 atom stereocenters. The minimum Gasteiger partial charge on any atom is -0.480 e. The van der Waals surface area contributed by atoms with Gasteiger partial charge in [-0.3, -0.25) is 19.2 Å². The van der Waals surface area contributed by atoms with Gasteiger partial charge < -0.3 is 26.6 Å². The quantitative estimate of drug-likeness (QED) is 0.202. The zero-order valence-electron chi connectivity index (χ0n) is 11.0. The van der Waals surface area contributed by atoms with Gasteiger partial charge in [-0.1, -0.05) is 0 Å². The number of nitrogens with two attached hydrogens (primary N) is 1. The Bertz CT molecular complexity index is 395. The van der Waals surface area contributed by atoms with E-state index in [-0.39, 0.29) is 40.3 Å². The van der Waals surface area contributed by atoms with Crippen molar-refractivity contribution in [2.75, 3.05) is 12.3 Å². The minimum absolute atomic E-state index is 0. The molecule has 0 fully saturated rings. The molecule has 6 N–H and O–H groups in total. The molecule has 11 heteroatoms. The smallest absolute Gasteiger partial charge is 0.322 e. The van der Waals surface area contributed by atoms with Crippen LogP contribution in [0.5, 0.6) is 0 Å². The predicted molar refractivity (Wildman–Crippen MR) is 71.3 cm³/mol. The molecule has 0 heterocycles. The SMILES string of the molecule is N[C@@H](CCC(=O)N[C@@H](CS)C(=O)NCC(=O)O)C(=O)O.[Ti]. The van der Waals surface area contributed by atoms with Gasteiger partial charge in [0.2, 0.25) is 11.8 Å². The number of aliphatic carboxylic acids is 2. The Morgan fingerprint density at radius 3 is 2.19 bits per heavy atom. The molecular formula is C10H17N3O6STi. The molecule has 9 nitrogen and oxygen atoms in total. The first-order valence-electron chi connectivity index (χ1n) is 5.66. The molecule has 0 aromatic rings. The Morgan fingerprint density at radius 1 is 1.19 bits per heavy atom. The van der Waals surface area contributed by atoms with Crippen molar-refractivity contribution < 1.29 is 51.1 Å². The van der Waals surface area contributed by atoms with E-state index in [9.17, 15) is 19.2 Å². The number of amides is 2. The second-order valence-corrected chi connectivity index (χ2v) is 4.26. The van der Waals surface area contributed by atoms with Crippen molar-refractivity contribution in [3.63, 3.8) is 0 Å². The van der Waals surface area contributed by atoms with E-state index in [0.717, 1.165) is 0 Å². The third-order valence-electron chi connectivity index (χ3n) is 2.25. The monoisotopic (exact) mass is 355 g/mol. The summed E-state index contributed by atoms with van der Waals surface area (Å²) in [5.41, 5.74) is 5.23. The van der Waals surface area contributed by atoms with Crippen molar-refractivity contribution in [3.8, 4) is 0 Å². The number of carboxylic acids is 2. The van der Waals surface area contributed by atoms with Crippen LogP contribution in [0.1, 0.15) is 12.8 Å². The zero-order valence-corrected chi connectivity index (χ0v) is 13.5. The van der Waals surface area contributed by atoms with Crippen molar-refractivity contribution in [2.24, 2.45) is 5.73 Å². The van der Waals surface area contributed by atoms with Gasteiger partial charge in [0.05, 0.1) is 0 Å². The molecule has 0 bridgehead atoms. The molecular weight excluding hydrogens is 338 g/mol. The summed E-state index contributed by atoms with van der Waals surface area (Å²) in [5.74, 6) is -3.70. The van der Waals surface area contributed by atoms with Gasteiger partial charge in [0.1, 0.15) is 18.6 Å². The van der Waals surface area contributed by atoms with Gasteiger partial charge in [-0.05, 0) is 6.42 Å². The van der Waals surface area contributed by atoms with Gasteiger partial charge in [-0.15, -0.1) is 0 Å². The standard InChI is InChI=1S/C10H17N3O6S.Ti/c11-5(10(18)19)1-2-7(14)13-6(4-20)9(17)12-3-8(15)16;/h5-6,20H,1-4,11H2,(H,12,17)(H,13,14)(H,15,16)(H,18,19);/t5-,6-;/m0./s1. The predicted octanol–water partition coefficient (Wildman–Crippen LogP) is -2.21. The summed E-state index contributed by atoms with van der Waals surface area (Å²) in [5, 5.41) is 21.4. The number of hydrogen-bond acceptors (Lipinski definition) is 6. The molecule has 0 aromatic heterocycles. The maximum Gasteiger partial charge on any atom is 0.322 e. The number of hydrogen-bond donors (Lipinski definition) is 6. The van der Waals surface area contributed by atoms with E-state index >= 15 is 0 Å². The summed E-state index contributed by atoms with van der Waals surface area (Å²) in [6, 6.07) is -2.15. The fourth-order valence-corrected chi connectivity index (χ4v) is 1.41. The molecule has 0 aliphatic rings. The normalized spacial score (nSPS) is 12.5. The molecule has 0 spiro atoms. The van der Waals surface area contributed by atoms with Crippen molar-refractivity contribution in [3.05, 3.63) is 0 Å². The molecule has 0 unspecified atom stereocenters. The Balaban J connectivity index is 0. The molecule has 0 aliphatic heterocycles. The Labute approximate surface area is 141 Å². The van der Waals surface area contributed by atoms with Crippen LogP contribution >= 0.6 is 12.6 Å². The van der Waals surface area contributed by atoms with Crippen LogP contribution < -0.4 is 16.4 Å². The van der Waals surface area contributed by atoms with Gasteiger partial charge in [0.25, 0.3) is 0 Å². The number of carbonyl (C=O) groups excluding carboxylic acids is 2. The van der Waals surface area contributed by atoms with Crippen LogP contribution in [0.25, 0.3) is 0 Å². The van der Waals surface area contributed by atoms with Gasteiger partial charge in [-0.2, -0.15) is 12.6 Å². The molecule has 0 aliphatic carbocycles. The molecule has 118 valence electrons. The van der Waals surface area contributed by atoms with E-state index in [4.69, 9.17) is 15.9 Å². The Kier molecular flexibility index (Phi) is 12.2. The number of carboxylic acid groups (broad SMARTS) is 2. The van der Waals surface area contributed by atoms with Crippen LogP contribution in [-0.4, -0.2) is 58.3 Å². The fourth-order valence-electron chi connectivity index (χ4n) is 1.16. The molecule has 0 saturated carbocycles. The maximum absolute atomic E-state index is 11.5. The number of thiol groups is 1. The topological polar surface area (TPSA) is 159 Å². The molecule has 0 radical (unpaired) electrons. The van der Waals surface area contributed by atoms with Gasteiger partial charge >= 0.3 is 11.9 Å². The average Bonchev–Trinajstić information content (AvgIpc) is 2.38. The summed E-state index contributed by atoms with van der Waals surface area (Å²) in [7, 11) is 0. The van der Waals surface area contributed by atoms with Crippen LogP contribution in [0, 0.1) is 0 Å². The Hall–Kier alpha value is -1.10. The van der Waals surface area contributed by atoms with Crippen LogP contribution in [0.3, 0.4) is 0 Å². The molecule has 2 amide bonds. The number of carbonyl (C=O) groups is 4. The number of rotatable bonds is 9. The summed E-state index contributed by atoms with van der Waals surface area (Å²) >= 11 is 3.87. The van der Waals surface area contributed by atoms with Gasteiger partial charge in [0, 0.05) is 33.9 Å². The second-order valence-electron chi connectivity index (χ2n) is 3.90. The first kappa shape index (κ1) is 22.2. The fraction of sp³-hybridized carbons (Fsp3) is 0.600.